The Morgan fingerprint density at radius 1 is 1.07 bits per heavy atom. The molecule has 1 heterocycles. The molecule has 0 saturated heterocycles. The highest BCUT2D eigenvalue weighted by Gasteiger charge is 2.37. The molecule has 1 aliphatic heterocycles. The molecule has 28 heavy (non-hydrogen) atoms. The van der Waals surface area contributed by atoms with Gasteiger partial charge in [0.25, 0.3) is 11.8 Å². The number of benzene rings is 1. The predicted molar refractivity (Wildman–Crippen MR) is 98.3 cm³/mol. The Balaban J connectivity index is 2.02. The van der Waals surface area contributed by atoms with Gasteiger partial charge in [-0.15, -0.1) is 0 Å². The van der Waals surface area contributed by atoms with Gasteiger partial charge in [-0.25, -0.2) is 0 Å². The fourth-order valence-corrected chi connectivity index (χ4v) is 2.84. The first-order chi connectivity index (χ1) is 13.3. The standard InChI is InChI=1S/C19H23N3O6/c1-13(23)20-9-5-10-21(11-8-17(25)28-2)16(24)12-22-18(26)14-6-3-4-7-15(14)19(22)27/h3-4,6-7H,5,8-12H2,1-2H3,(H,20,23). The van der Waals surface area contributed by atoms with E-state index in [1.807, 2.05) is 0 Å². The van der Waals surface area contributed by atoms with Crippen LogP contribution in [0.3, 0.4) is 0 Å². The lowest BCUT2D eigenvalue weighted by Crippen LogP contribution is -2.44. The molecule has 150 valence electrons. The third-order valence-electron chi connectivity index (χ3n) is 4.32. The van der Waals surface area contributed by atoms with Crippen molar-refractivity contribution in [3.05, 3.63) is 35.4 Å². The third kappa shape index (κ3) is 5.15. The van der Waals surface area contributed by atoms with Gasteiger partial charge in [-0.05, 0) is 18.6 Å². The normalized spacial score (nSPS) is 12.6. The predicted octanol–water partition coefficient (Wildman–Crippen LogP) is 0.201. The molecular weight excluding hydrogens is 366 g/mol. The second-order valence-corrected chi connectivity index (χ2v) is 6.29. The number of esters is 1. The van der Waals surface area contributed by atoms with E-state index >= 15 is 0 Å². The number of amides is 4. The van der Waals surface area contributed by atoms with Gasteiger partial charge >= 0.3 is 5.97 Å². The molecule has 2 rings (SSSR count). The van der Waals surface area contributed by atoms with E-state index in [-0.39, 0.29) is 36.5 Å². The number of nitrogens with zero attached hydrogens (tertiary/aromatic N) is 2. The number of rotatable bonds is 9. The molecule has 0 radical (unpaired) electrons. The summed E-state index contributed by atoms with van der Waals surface area (Å²) in [4.78, 5) is 62.2. The molecule has 0 fully saturated rings. The maximum atomic E-state index is 12.7. The fraction of sp³-hybridized carbons (Fsp3) is 0.421. The first-order valence-electron chi connectivity index (χ1n) is 8.89. The first kappa shape index (κ1) is 21.1. The molecule has 1 aromatic carbocycles. The van der Waals surface area contributed by atoms with Gasteiger partial charge in [0.15, 0.2) is 0 Å². The lowest BCUT2D eigenvalue weighted by atomic mass is 10.1. The average Bonchev–Trinajstić information content (AvgIpc) is 2.92. The third-order valence-corrected chi connectivity index (χ3v) is 4.32. The number of methoxy groups -OCH3 is 1. The summed E-state index contributed by atoms with van der Waals surface area (Å²) >= 11 is 0. The zero-order valence-electron chi connectivity index (χ0n) is 15.9. The molecule has 0 aliphatic carbocycles. The van der Waals surface area contributed by atoms with Crippen molar-refractivity contribution in [3.8, 4) is 0 Å². The van der Waals surface area contributed by atoms with Gasteiger partial charge in [-0.3, -0.25) is 28.9 Å². The fourth-order valence-electron chi connectivity index (χ4n) is 2.84. The molecule has 0 saturated carbocycles. The van der Waals surface area contributed by atoms with Crippen LogP contribution in [0.2, 0.25) is 0 Å². The highest BCUT2D eigenvalue weighted by molar-refractivity contribution is 6.22. The Kier molecular flexibility index (Phi) is 7.25. The van der Waals surface area contributed by atoms with Crippen LogP contribution < -0.4 is 5.32 Å². The molecule has 4 amide bonds. The number of imide groups is 1. The molecule has 0 bridgehead atoms. The van der Waals surface area contributed by atoms with Crippen LogP contribution in [0.4, 0.5) is 0 Å². The molecule has 1 aromatic rings. The summed E-state index contributed by atoms with van der Waals surface area (Å²) in [5, 5.41) is 2.63. The Hall–Kier alpha value is -3.23. The van der Waals surface area contributed by atoms with Crippen molar-refractivity contribution in [1.29, 1.82) is 0 Å². The number of fused-ring (bicyclic) bond motifs is 1. The lowest BCUT2D eigenvalue weighted by molar-refractivity contribution is -0.141. The van der Waals surface area contributed by atoms with Crippen LogP contribution in [0.15, 0.2) is 24.3 Å². The summed E-state index contributed by atoms with van der Waals surface area (Å²) < 4.78 is 4.59. The van der Waals surface area contributed by atoms with Crippen molar-refractivity contribution in [1.82, 2.24) is 15.1 Å². The Labute approximate surface area is 162 Å². The zero-order chi connectivity index (χ0) is 20.7. The molecule has 0 spiro atoms. The summed E-state index contributed by atoms with van der Waals surface area (Å²) in [6, 6.07) is 6.39. The van der Waals surface area contributed by atoms with Crippen LogP contribution in [-0.2, 0) is 19.1 Å². The minimum absolute atomic E-state index is 0.00943. The van der Waals surface area contributed by atoms with Crippen LogP contribution in [0.25, 0.3) is 0 Å². The van der Waals surface area contributed by atoms with Gasteiger partial charge in [-0.2, -0.15) is 0 Å². The minimum Gasteiger partial charge on any atom is -0.469 e. The van der Waals surface area contributed by atoms with E-state index in [4.69, 9.17) is 0 Å². The van der Waals surface area contributed by atoms with Gasteiger partial charge in [0, 0.05) is 26.6 Å². The number of ether oxygens (including phenoxy) is 1. The second-order valence-electron chi connectivity index (χ2n) is 6.29. The van der Waals surface area contributed by atoms with Crippen molar-refractivity contribution in [3.63, 3.8) is 0 Å². The van der Waals surface area contributed by atoms with Crippen molar-refractivity contribution in [2.75, 3.05) is 33.3 Å². The molecule has 0 unspecified atom stereocenters. The van der Waals surface area contributed by atoms with Gasteiger partial charge < -0.3 is 15.0 Å². The van der Waals surface area contributed by atoms with E-state index in [1.165, 1.54) is 18.9 Å². The molecule has 1 N–H and O–H groups in total. The monoisotopic (exact) mass is 389 g/mol. The highest BCUT2D eigenvalue weighted by atomic mass is 16.5. The average molecular weight is 389 g/mol. The lowest BCUT2D eigenvalue weighted by Gasteiger charge is -2.24. The Morgan fingerprint density at radius 3 is 2.21 bits per heavy atom. The quantitative estimate of drug-likeness (QED) is 0.367. The summed E-state index contributed by atoms with van der Waals surface area (Å²) in [6.45, 7) is 1.70. The van der Waals surface area contributed by atoms with E-state index < -0.39 is 30.2 Å². The summed E-state index contributed by atoms with van der Waals surface area (Å²) in [5.74, 6) is -2.14. The van der Waals surface area contributed by atoms with Crippen LogP contribution in [-0.4, -0.2) is 72.7 Å². The van der Waals surface area contributed by atoms with E-state index in [0.717, 1.165) is 4.90 Å². The summed E-state index contributed by atoms with van der Waals surface area (Å²) in [5.41, 5.74) is 0.541. The van der Waals surface area contributed by atoms with Crippen molar-refractivity contribution in [2.24, 2.45) is 0 Å². The molecule has 9 nitrogen and oxygen atoms in total. The van der Waals surface area contributed by atoms with Crippen LogP contribution >= 0.6 is 0 Å². The number of hydrogen-bond donors (Lipinski definition) is 1. The molecule has 0 atom stereocenters. The van der Waals surface area contributed by atoms with Crippen LogP contribution in [0.1, 0.15) is 40.5 Å². The van der Waals surface area contributed by atoms with Gasteiger partial charge in [-0.1, -0.05) is 12.1 Å². The topological polar surface area (TPSA) is 113 Å². The molecule has 1 aliphatic rings. The van der Waals surface area contributed by atoms with E-state index in [1.54, 1.807) is 24.3 Å². The largest absolute Gasteiger partial charge is 0.469 e. The smallest absolute Gasteiger partial charge is 0.307 e. The first-order valence-corrected chi connectivity index (χ1v) is 8.89. The number of carbonyl (C=O) groups is 5. The van der Waals surface area contributed by atoms with Crippen molar-refractivity contribution < 1.29 is 28.7 Å². The SMILES string of the molecule is COC(=O)CCN(CCCNC(C)=O)C(=O)CN1C(=O)c2ccccc2C1=O. The van der Waals surface area contributed by atoms with E-state index in [2.05, 4.69) is 10.1 Å². The molecule has 9 heteroatoms. The Morgan fingerprint density at radius 2 is 1.68 bits per heavy atom. The van der Waals surface area contributed by atoms with Crippen molar-refractivity contribution in [2.45, 2.75) is 19.8 Å². The van der Waals surface area contributed by atoms with Crippen LogP contribution in [0.5, 0.6) is 0 Å². The highest BCUT2D eigenvalue weighted by Crippen LogP contribution is 2.22. The maximum Gasteiger partial charge on any atom is 0.307 e. The maximum absolute atomic E-state index is 12.7. The zero-order valence-corrected chi connectivity index (χ0v) is 15.9. The Bertz CT molecular complexity index is 757. The number of nitrogens with one attached hydrogen (secondary N) is 1. The number of carbonyl (C=O) groups excluding carboxylic acids is 5. The molecular formula is C19H23N3O6. The van der Waals surface area contributed by atoms with E-state index in [0.29, 0.717) is 13.0 Å². The molecule has 0 aromatic heterocycles. The van der Waals surface area contributed by atoms with Crippen molar-refractivity contribution >= 4 is 29.6 Å². The minimum atomic E-state index is -0.514. The summed E-state index contributed by atoms with van der Waals surface area (Å²) in [6.07, 6.45) is 0.457. The van der Waals surface area contributed by atoms with Gasteiger partial charge in [0.2, 0.25) is 11.8 Å². The summed E-state index contributed by atoms with van der Waals surface area (Å²) in [7, 11) is 1.25. The van der Waals surface area contributed by atoms with E-state index in [9.17, 15) is 24.0 Å². The van der Waals surface area contributed by atoms with Gasteiger partial charge in [0.1, 0.15) is 6.54 Å². The van der Waals surface area contributed by atoms with Crippen LogP contribution in [0, 0.1) is 0 Å². The number of hydrogen-bond acceptors (Lipinski definition) is 6. The van der Waals surface area contributed by atoms with Gasteiger partial charge in [0.05, 0.1) is 24.7 Å². The second kappa shape index (κ2) is 9.63.